The summed E-state index contributed by atoms with van der Waals surface area (Å²) in [6.07, 6.45) is 10.6. The molecular weight excluding hydrogens is 293 g/mol. The monoisotopic (exact) mass is 321 g/mol. The predicted molar refractivity (Wildman–Crippen MR) is 79.5 cm³/mol. The van der Waals surface area contributed by atoms with Crippen LogP contribution in [0, 0.1) is 0 Å². The van der Waals surface area contributed by atoms with Crippen LogP contribution in [0.3, 0.4) is 0 Å². The summed E-state index contributed by atoms with van der Waals surface area (Å²) in [5.41, 5.74) is 0. The van der Waals surface area contributed by atoms with Gasteiger partial charge in [0.2, 0.25) is 6.41 Å². The van der Waals surface area contributed by atoms with Gasteiger partial charge in [0.1, 0.15) is 0 Å². The average molecular weight is 321 g/mol. The van der Waals surface area contributed by atoms with Gasteiger partial charge in [-0.3, -0.25) is 9.59 Å². The molecule has 22 heavy (non-hydrogen) atoms. The molecule has 0 saturated carbocycles. The van der Waals surface area contributed by atoms with E-state index < -0.39 is 18.4 Å². The molecule has 0 rings (SSSR count). The normalized spacial score (nSPS) is 11.3. The van der Waals surface area contributed by atoms with Gasteiger partial charge in [0.25, 0.3) is 0 Å². The van der Waals surface area contributed by atoms with Gasteiger partial charge in [0.15, 0.2) is 5.78 Å². The molecule has 6 heteroatoms. The van der Waals surface area contributed by atoms with Gasteiger partial charge in [-0.1, -0.05) is 58.3 Å². The number of carboxylic acids is 1. The van der Waals surface area contributed by atoms with Crippen LogP contribution in [0.1, 0.15) is 77.6 Å². The predicted octanol–water partition coefficient (Wildman–Crippen LogP) is -1.26. The number of hydrogen-bond acceptors (Lipinski definition) is 4. The molecule has 0 fully saturated rings. The second-order valence-electron chi connectivity index (χ2n) is 5.46. The number of unbranched alkanes of at least 4 members (excludes halogenated alkanes) is 8. The van der Waals surface area contributed by atoms with Crippen molar-refractivity contribution in [2.45, 2.75) is 83.6 Å². The first kappa shape index (κ1) is 23.9. The summed E-state index contributed by atoms with van der Waals surface area (Å²) >= 11 is 0. The number of carbonyl (C=O) groups excluding carboxylic acids is 3. The Morgan fingerprint density at radius 2 is 1.50 bits per heavy atom. The van der Waals surface area contributed by atoms with Crippen molar-refractivity contribution in [2.24, 2.45) is 0 Å². The number of Topliss-reactive ketones (excluding diaryl/α,β-unsaturated/α-hetero) is 1. The molecule has 0 spiro atoms. The summed E-state index contributed by atoms with van der Waals surface area (Å²) in [5.74, 6) is -1.55. The van der Waals surface area contributed by atoms with Crippen LogP contribution in [0.2, 0.25) is 0 Å². The molecular formula is C16H28NNaO4. The van der Waals surface area contributed by atoms with Gasteiger partial charge in [-0.15, -0.1) is 0 Å². The quantitative estimate of drug-likeness (QED) is 0.232. The molecule has 1 unspecified atom stereocenters. The zero-order chi connectivity index (χ0) is 15.9. The number of amides is 1. The van der Waals surface area contributed by atoms with E-state index in [9.17, 15) is 19.5 Å². The van der Waals surface area contributed by atoms with Crippen molar-refractivity contribution in [3.8, 4) is 0 Å². The smallest absolute Gasteiger partial charge is 0.550 e. The average Bonchev–Trinajstić information content (AvgIpc) is 2.44. The summed E-state index contributed by atoms with van der Waals surface area (Å²) in [6, 6.07) is -0.943. The van der Waals surface area contributed by atoms with Crippen LogP contribution in [0.25, 0.3) is 0 Å². The number of hydrogen-bond donors (Lipinski definition) is 1. The van der Waals surface area contributed by atoms with E-state index in [4.69, 9.17) is 0 Å². The van der Waals surface area contributed by atoms with Gasteiger partial charge in [-0.25, -0.2) is 0 Å². The first-order chi connectivity index (χ1) is 10.1. The topological polar surface area (TPSA) is 86.3 Å². The third-order valence-corrected chi connectivity index (χ3v) is 3.56. The number of carboxylic acid groups (broad SMARTS) is 1. The standard InChI is InChI=1S/C16H29NO4.Na/c1-2-3-4-5-6-7-8-9-10-11-15(19)14(17-13-18)12-16(20)21;/h13-14H,2-12H2,1H3,(H,17,18)(H,20,21);/q;+1/p-1. The maximum Gasteiger partial charge on any atom is 1.00 e. The number of carbonyl (C=O) groups is 3. The Morgan fingerprint density at radius 3 is 1.95 bits per heavy atom. The SMILES string of the molecule is CCCCCCCCCCCC(=O)C(CC(=O)[O-])NC=O.[Na+]. The van der Waals surface area contributed by atoms with Crippen molar-refractivity contribution in [1.82, 2.24) is 5.32 Å². The van der Waals surface area contributed by atoms with E-state index in [2.05, 4.69) is 12.2 Å². The first-order valence-electron chi connectivity index (χ1n) is 8.04. The Hall–Kier alpha value is -0.390. The van der Waals surface area contributed by atoms with E-state index in [0.29, 0.717) is 12.8 Å². The molecule has 1 N–H and O–H groups in total. The van der Waals surface area contributed by atoms with E-state index in [1.54, 1.807) is 0 Å². The fourth-order valence-electron chi connectivity index (χ4n) is 2.30. The molecule has 1 atom stereocenters. The summed E-state index contributed by atoms with van der Waals surface area (Å²) < 4.78 is 0. The third kappa shape index (κ3) is 14.5. The maximum absolute atomic E-state index is 11.8. The minimum Gasteiger partial charge on any atom is -0.550 e. The number of nitrogens with one attached hydrogen (secondary N) is 1. The van der Waals surface area contributed by atoms with Crippen molar-refractivity contribution in [3.63, 3.8) is 0 Å². The van der Waals surface area contributed by atoms with Crippen molar-refractivity contribution < 1.29 is 49.0 Å². The van der Waals surface area contributed by atoms with E-state index in [1.165, 1.54) is 38.5 Å². The van der Waals surface area contributed by atoms with Gasteiger partial charge >= 0.3 is 29.6 Å². The molecule has 0 aromatic rings. The minimum absolute atomic E-state index is 0. The van der Waals surface area contributed by atoms with Crippen LogP contribution in [-0.2, 0) is 14.4 Å². The summed E-state index contributed by atoms with van der Waals surface area (Å²) in [6.45, 7) is 2.20. The van der Waals surface area contributed by atoms with Crippen LogP contribution in [0.15, 0.2) is 0 Å². The number of rotatable bonds is 15. The molecule has 0 saturated heterocycles. The Kier molecular flexibility index (Phi) is 18.4. The largest absolute Gasteiger partial charge is 1.00 e. The molecule has 122 valence electrons. The zero-order valence-corrected chi connectivity index (χ0v) is 16.1. The molecule has 0 heterocycles. The molecule has 0 aromatic heterocycles. The number of ketones is 1. The third-order valence-electron chi connectivity index (χ3n) is 3.56. The summed E-state index contributed by atoms with van der Waals surface area (Å²) in [5, 5.41) is 12.7. The van der Waals surface area contributed by atoms with Gasteiger partial charge in [0.05, 0.1) is 6.04 Å². The van der Waals surface area contributed by atoms with Crippen LogP contribution in [0.4, 0.5) is 0 Å². The Labute approximate surface area is 155 Å². The number of aliphatic carboxylic acids is 1. The van der Waals surface area contributed by atoms with Crippen molar-refractivity contribution >= 4 is 18.2 Å². The van der Waals surface area contributed by atoms with Crippen LogP contribution < -0.4 is 40.0 Å². The fraction of sp³-hybridized carbons (Fsp3) is 0.812. The van der Waals surface area contributed by atoms with Gasteiger partial charge < -0.3 is 15.2 Å². The molecule has 0 radical (unpaired) electrons. The van der Waals surface area contributed by atoms with Crippen LogP contribution >= 0.6 is 0 Å². The van der Waals surface area contributed by atoms with Gasteiger partial charge in [-0.2, -0.15) is 0 Å². The summed E-state index contributed by atoms with van der Waals surface area (Å²) in [4.78, 5) is 32.6. The van der Waals surface area contributed by atoms with Crippen molar-refractivity contribution in [1.29, 1.82) is 0 Å². The van der Waals surface area contributed by atoms with Crippen LogP contribution in [-0.4, -0.2) is 24.2 Å². The molecule has 0 aliphatic rings. The fourth-order valence-corrected chi connectivity index (χ4v) is 2.30. The summed E-state index contributed by atoms with van der Waals surface area (Å²) in [7, 11) is 0. The van der Waals surface area contributed by atoms with Crippen LogP contribution in [0.5, 0.6) is 0 Å². The van der Waals surface area contributed by atoms with E-state index in [0.717, 1.165) is 19.3 Å². The van der Waals surface area contributed by atoms with E-state index in [1.807, 2.05) is 0 Å². The molecule has 0 bridgehead atoms. The second-order valence-corrected chi connectivity index (χ2v) is 5.46. The molecule has 0 aliphatic carbocycles. The van der Waals surface area contributed by atoms with Gasteiger partial charge in [0, 0.05) is 18.8 Å². The van der Waals surface area contributed by atoms with E-state index >= 15 is 0 Å². The Bertz CT molecular complexity index is 311. The van der Waals surface area contributed by atoms with Crippen molar-refractivity contribution in [3.05, 3.63) is 0 Å². The molecule has 0 aliphatic heterocycles. The molecule has 5 nitrogen and oxygen atoms in total. The second kappa shape index (κ2) is 17.0. The Balaban J connectivity index is 0. The maximum atomic E-state index is 11.8. The van der Waals surface area contributed by atoms with Crippen molar-refractivity contribution in [2.75, 3.05) is 0 Å². The first-order valence-corrected chi connectivity index (χ1v) is 8.04. The van der Waals surface area contributed by atoms with E-state index in [-0.39, 0.29) is 35.3 Å². The Morgan fingerprint density at radius 1 is 1.00 bits per heavy atom. The zero-order valence-electron chi connectivity index (χ0n) is 14.1. The molecule has 0 aromatic carbocycles. The minimum atomic E-state index is -1.32. The van der Waals surface area contributed by atoms with Gasteiger partial charge in [-0.05, 0) is 6.42 Å². The molecule has 1 amide bonds.